The van der Waals surface area contributed by atoms with Crippen LogP contribution in [0.3, 0.4) is 0 Å². The number of nitrogens with zero attached hydrogens (tertiary/aromatic N) is 1. The molecule has 0 atom stereocenters. The quantitative estimate of drug-likeness (QED) is 0.871. The number of hydrogen-bond acceptors (Lipinski definition) is 5. The van der Waals surface area contributed by atoms with Crippen LogP contribution in [0.4, 0.5) is 5.13 Å². The van der Waals surface area contributed by atoms with Crippen LogP contribution in [0.25, 0.3) is 11.3 Å². The molecule has 2 aromatic rings. The summed E-state index contributed by atoms with van der Waals surface area (Å²) in [5.41, 5.74) is 7.73. The molecule has 4 nitrogen and oxygen atoms in total. The van der Waals surface area contributed by atoms with Crippen LogP contribution in [0.1, 0.15) is 30.6 Å². The lowest BCUT2D eigenvalue weighted by atomic mass is 9.92. The van der Waals surface area contributed by atoms with Gasteiger partial charge >= 0.3 is 0 Å². The van der Waals surface area contributed by atoms with Crippen molar-refractivity contribution in [3.05, 3.63) is 23.1 Å². The fraction of sp³-hybridized carbons (Fsp3) is 0.400. The average molecular weight is 288 g/mol. The SMILES string of the molecule is COc1ccc2c(c1)-c1nc(N)sc1C1(CCCC1)O2. The summed E-state index contributed by atoms with van der Waals surface area (Å²) in [4.78, 5) is 5.74. The number of nitrogens with two attached hydrogens (primary N) is 1. The Morgan fingerprint density at radius 2 is 2.15 bits per heavy atom. The van der Waals surface area contributed by atoms with E-state index in [0.29, 0.717) is 5.13 Å². The van der Waals surface area contributed by atoms with Gasteiger partial charge in [0.25, 0.3) is 0 Å². The Kier molecular flexibility index (Phi) is 2.48. The molecule has 0 saturated heterocycles. The molecule has 1 saturated carbocycles. The van der Waals surface area contributed by atoms with E-state index in [1.807, 2.05) is 18.2 Å². The van der Waals surface area contributed by atoms with Gasteiger partial charge in [-0.15, -0.1) is 0 Å². The van der Waals surface area contributed by atoms with Crippen molar-refractivity contribution < 1.29 is 9.47 Å². The fourth-order valence-electron chi connectivity index (χ4n) is 3.27. The number of anilines is 1. The summed E-state index contributed by atoms with van der Waals surface area (Å²) < 4.78 is 11.7. The van der Waals surface area contributed by atoms with E-state index in [9.17, 15) is 0 Å². The molecule has 1 aromatic heterocycles. The van der Waals surface area contributed by atoms with Crippen LogP contribution < -0.4 is 15.2 Å². The number of rotatable bonds is 1. The Balaban J connectivity index is 1.94. The van der Waals surface area contributed by atoms with Gasteiger partial charge in [0.2, 0.25) is 0 Å². The first-order chi connectivity index (χ1) is 9.72. The Hall–Kier alpha value is -1.75. The van der Waals surface area contributed by atoms with Crippen LogP contribution in [0.2, 0.25) is 0 Å². The van der Waals surface area contributed by atoms with Crippen LogP contribution in [0, 0.1) is 0 Å². The number of thiazole rings is 1. The van der Waals surface area contributed by atoms with Gasteiger partial charge in [-0.05, 0) is 43.9 Å². The molecule has 0 bridgehead atoms. The summed E-state index contributed by atoms with van der Waals surface area (Å²) >= 11 is 1.56. The molecular formula is C15H16N2O2S. The van der Waals surface area contributed by atoms with Crippen molar-refractivity contribution in [3.63, 3.8) is 0 Å². The molecule has 1 aliphatic heterocycles. The molecule has 5 heteroatoms. The van der Waals surface area contributed by atoms with Crippen molar-refractivity contribution in [2.24, 2.45) is 0 Å². The molecule has 2 aliphatic rings. The van der Waals surface area contributed by atoms with E-state index < -0.39 is 0 Å². The molecule has 4 rings (SSSR count). The van der Waals surface area contributed by atoms with Crippen LogP contribution in [0.5, 0.6) is 11.5 Å². The lowest BCUT2D eigenvalue weighted by Gasteiger charge is -2.34. The number of fused-ring (bicyclic) bond motifs is 4. The standard InChI is InChI=1S/C15H16N2O2S/c1-18-9-4-5-11-10(8-9)12-13(20-14(16)17-12)15(19-11)6-2-3-7-15/h4-5,8H,2-3,6-7H2,1H3,(H2,16,17). The maximum atomic E-state index is 6.38. The number of methoxy groups -OCH3 is 1. The zero-order valence-electron chi connectivity index (χ0n) is 11.3. The summed E-state index contributed by atoms with van der Waals surface area (Å²) in [6.45, 7) is 0. The van der Waals surface area contributed by atoms with Gasteiger partial charge in [-0.3, -0.25) is 0 Å². The molecular weight excluding hydrogens is 272 g/mol. The monoisotopic (exact) mass is 288 g/mol. The summed E-state index contributed by atoms with van der Waals surface area (Å²) in [5.74, 6) is 1.71. The molecule has 1 fully saturated rings. The largest absolute Gasteiger partial charge is 0.497 e. The Morgan fingerprint density at radius 1 is 1.35 bits per heavy atom. The molecule has 20 heavy (non-hydrogen) atoms. The van der Waals surface area contributed by atoms with Gasteiger partial charge in [0, 0.05) is 5.56 Å². The van der Waals surface area contributed by atoms with E-state index in [-0.39, 0.29) is 5.60 Å². The Bertz CT molecular complexity index is 675. The highest BCUT2D eigenvalue weighted by molar-refractivity contribution is 7.16. The maximum absolute atomic E-state index is 6.38. The van der Waals surface area contributed by atoms with E-state index in [2.05, 4.69) is 4.98 Å². The molecule has 0 amide bonds. The van der Waals surface area contributed by atoms with E-state index in [0.717, 1.165) is 35.6 Å². The minimum absolute atomic E-state index is 0.202. The fourth-order valence-corrected chi connectivity index (χ4v) is 4.30. The topological polar surface area (TPSA) is 57.4 Å². The zero-order chi connectivity index (χ0) is 13.7. The average Bonchev–Trinajstić information content (AvgIpc) is 3.06. The van der Waals surface area contributed by atoms with Crippen LogP contribution in [-0.4, -0.2) is 12.1 Å². The summed E-state index contributed by atoms with van der Waals surface area (Å²) in [6, 6.07) is 5.89. The van der Waals surface area contributed by atoms with E-state index in [1.54, 1.807) is 18.4 Å². The molecule has 2 heterocycles. The summed E-state index contributed by atoms with van der Waals surface area (Å²) in [7, 11) is 1.67. The highest BCUT2D eigenvalue weighted by atomic mass is 32.1. The van der Waals surface area contributed by atoms with Crippen molar-refractivity contribution in [3.8, 4) is 22.8 Å². The highest BCUT2D eigenvalue weighted by Gasteiger charge is 2.45. The van der Waals surface area contributed by atoms with Gasteiger partial charge < -0.3 is 15.2 Å². The van der Waals surface area contributed by atoms with Crippen molar-refractivity contribution in [1.29, 1.82) is 0 Å². The first kappa shape index (κ1) is 12.0. The first-order valence-corrected chi connectivity index (χ1v) is 7.68. The predicted molar refractivity (Wildman–Crippen MR) is 79.3 cm³/mol. The second kappa shape index (κ2) is 4.12. The van der Waals surface area contributed by atoms with Gasteiger partial charge in [-0.25, -0.2) is 4.98 Å². The van der Waals surface area contributed by atoms with Gasteiger partial charge in [-0.1, -0.05) is 11.3 Å². The normalized spacial score (nSPS) is 18.4. The molecule has 0 unspecified atom stereocenters. The van der Waals surface area contributed by atoms with Crippen molar-refractivity contribution in [1.82, 2.24) is 4.98 Å². The Labute approximate surface area is 121 Å². The van der Waals surface area contributed by atoms with Gasteiger partial charge in [0.15, 0.2) is 5.13 Å². The molecule has 1 aliphatic carbocycles. The summed E-state index contributed by atoms with van der Waals surface area (Å²) in [5, 5.41) is 0.612. The molecule has 0 radical (unpaired) electrons. The van der Waals surface area contributed by atoms with Crippen LogP contribution in [0.15, 0.2) is 18.2 Å². The van der Waals surface area contributed by atoms with Crippen molar-refractivity contribution in [2.45, 2.75) is 31.3 Å². The van der Waals surface area contributed by atoms with Gasteiger partial charge in [-0.2, -0.15) is 0 Å². The molecule has 1 spiro atoms. The number of benzene rings is 1. The minimum atomic E-state index is -0.202. The third-order valence-electron chi connectivity index (χ3n) is 4.22. The minimum Gasteiger partial charge on any atom is -0.497 e. The third-order valence-corrected chi connectivity index (χ3v) is 5.29. The maximum Gasteiger partial charge on any atom is 0.180 e. The lowest BCUT2D eigenvalue weighted by molar-refractivity contribution is 0.0747. The second-order valence-corrected chi connectivity index (χ2v) is 6.43. The molecule has 104 valence electrons. The molecule has 1 aromatic carbocycles. The van der Waals surface area contributed by atoms with Crippen LogP contribution >= 0.6 is 11.3 Å². The van der Waals surface area contributed by atoms with E-state index in [1.165, 1.54) is 17.7 Å². The first-order valence-electron chi connectivity index (χ1n) is 6.86. The van der Waals surface area contributed by atoms with Gasteiger partial charge in [0.05, 0.1) is 17.7 Å². The van der Waals surface area contributed by atoms with Crippen molar-refractivity contribution in [2.75, 3.05) is 12.8 Å². The van der Waals surface area contributed by atoms with Crippen LogP contribution in [-0.2, 0) is 5.60 Å². The lowest BCUT2D eigenvalue weighted by Crippen LogP contribution is -2.31. The van der Waals surface area contributed by atoms with Crippen molar-refractivity contribution >= 4 is 16.5 Å². The van der Waals surface area contributed by atoms with Gasteiger partial charge in [0.1, 0.15) is 17.1 Å². The smallest absolute Gasteiger partial charge is 0.180 e. The third kappa shape index (κ3) is 1.56. The molecule has 2 N–H and O–H groups in total. The highest BCUT2D eigenvalue weighted by Crippen LogP contribution is 2.54. The number of hydrogen-bond donors (Lipinski definition) is 1. The van der Waals surface area contributed by atoms with E-state index in [4.69, 9.17) is 15.2 Å². The number of ether oxygens (including phenoxy) is 2. The predicted octanol–water partition coefficient (Wildman–Crippen LogP) is 3.56. The Morgan fingerprint density at radius 3 is 2.90 bits per heavy atom. The number of nitrogen functional groups attached to an aromatic ring is 1. The summed E-state index contributed by atoms with van der Waals surface area (Å²) in [6.07, 6.45) is 4.49. The number of aromatic nitrogens is 1. The van der Waals surface area contributed by atoms with E-state index >= 15 is 0 Å². The second-order valence-electron chi connectivity index (χ2n) is 5.40. The zero-order valence-corrected chi connectivity index (χ0v) is 12.1.